The van der Waals surface area contributed by atoms with Gasteiger partial charge >= 0.3 is 0 Å². The maximum Gasteiger partial charge on any atom is 0.148 e. The van der Waals surface area contributed by atoms with Gasteiger partial charge < -0.3 is 0 Å². The van der Waals surface area contributed by atoms with Crippen LogP contribution in [0.15, 0.2) is 30.7 Å². The zero-order valence-corrected chi connectivity index (χ0v) is 12.8. The van der Waals surface area contributed by atoms with Gasteiger partial charge in [-0.1, -0.05) is 13.0 Å². The molecule has 6 heteroatoms. The van der Waals surface area contributed by atoms with Crippen LogP contribution in [0.1, 0.15) is 19.2 Å². The van der Waals surface area contributed by atoms with Gasteiger partial charge in [-0.25, -0.2) is 9.67 Å². The predicted molar refractivity (Wildman–Crippen MR) is 81.9 cm³/mol. The molecule has 0 amide bonds. The first-order valence-corrected chi connectivity index (χ1v) is 7.33. The van der Waals surface area contributed by atoms with E-state index in [0.717, 1.165) is 29.7 Å². The zero-order valence-electron chi connectivity index (χ0n) is 10.6. The van der Waals surface area contributed by atoms with E-state index >= 15 is 0 Å². The lowest BCUT2D eigenvalue weighted by Gasteiger charge is -2.06. The minimum absolute atomic E-state index is 0.656. The molecule has 0 aliphatic heterocycles. The Kier molecular flexibility index (Phi) is 3.50. The molecule has 1 aromatic carbocycles. The second kappa shape index (κ2) is 5.28. The molecule has 0 N–H and O–H groups in total. The number of hydrogen-bond acceptors (Lipinski definition) is 3. The molecule has 0 spiro atoms. The highest BCUT2D eigenvalue weighted by molar-refractivity contribution is 14.1. The zero-order chi connectivity index (χ0) is 13.2. The lowest BCUT2D eigenvalue weighted by molar-refractivity contribution is 0.544. The van der Waals surface area contributed by atoms with Gasteiger partial charge in [0.05, 0.1) is 11.7 Å². The molecule has 0 radical (unpaired) electrons. The summed E-state index contributed by atoms with van der Waals surface area (Å²) in [5.41, 5.74) is 1.14. The molecule has 0 atom stereocenters. The molecule has 19 heavy (non-hydrogen) atoms. The number of nitrogens with zero attached hydrogens (tertiary/aromatic N) is 5. The average molecular weight is 367 g/mol. The number of benzene rings is 1. The highest BCUT2D eigenvalue weighted by atomic mass is 127. The van der Waals surface area contributed by atoms with Crippen molar-refractivity contribution in [3.63, 3.8) is 0 Å². The van der Waals surface area contributed by atoms with Crippen LogP contribution in [0.4, 0.5) is 0 Å². The first-order chi connectivity index (χ1) is 9.28. The van der Waals surface area contributed by atoms with Gasteiger partial charge in [0, 0.05) is 15.5 Å². The molecule has 5 nitrogen and oxygen atoms in total. The molecule has 0 aliphatic rings. The molecule has 0 unspecified atom stereocenters. The van der Waals surface area contributed by atoms with Crippen molar-refractivity contribution in [2.24, 2.45) is 0 Å². The SMILES string of the molecule is CCCn1ncnc1Cn1ncc2ccc(I)cc21. The van der Waals surface area contributed by atoms with Crippen LogP contribution in [0.5, 0.6) is 0 Å². The Morgan fingerprint density at radius 1 is 1.21 bits per heavy atom. The summed E-state index contributed by atoms with van der Waals surface area (Å²) in [6.07, 6.45) is 4.56. The van der Waals surface area contributed by atoms with Crippen LogP contribution in [-0.4, -0.2) is 24.5 Å². The Morgan fingerprint density at radius 2 is 2.11 bits per heavy atom. The van der Waals surface area contributed by atoms with Gasteiger partial charge in [-0.3, -0.25) is 4.68 Å². The number of fused-ring (bicyclic) bond motifs is 1. The van der Waals surface area contributed by atoms with Crippen molar-refractivity contribution in [1.82, 2.24) is 24.5 Å². The third-order valence-electron chi connectivity index (χ3n) is 3.03. The van der Waals surface area contributed by atoms with Crippen LogP contribution in [0, 0.1) is 3.57 Å². The number of aromatic nitrogens is 5. The standard InChI is InChI=1S/C13H14IN5/c1-2-5-18-13(15-9-17-18)8-19-12-6-11(14)4-3-10(12)7-16-19/h3-4,6-7,9H,2,5,8H2,1H3. The van der Waals surface area contributed by atoms with E-state index in [0.29, 0.717) is 6.54 Å². The fourth-order valence-electron chi connectivity index (χ4n) is 2.11. The number of aryl methyl sites for hydroxylation is 1. The summed E-state index contributed by atoms with van der Waals surface area (Å²) >= 11 is 2.32. The maximum atomic E-state index is 4.44. The van der Waals surface area contributed by atoms with E-state index in [2.05, 4.69) is 62.9 Å². The van der Waals surface area contributed by atoms with Crippen molar-refractivity contribution < 1.29 is 0 Å². The Hall–Kier alpha value is -1.44. The van der Waals surface area contributed by atoms with Gasteiger partial charge in [-0.05, 0) is 41.1 Å². The lowest BCUT2D eigenvalue weighted by atomic mass is 10.2. The maximum absolute atomic E-state index is 4.44. The topological polar surface area (TPSA) is 48.5 Å². The first kappa shape index (κ1) is 12.6. The fourth-order valence-corrected chi connectivity index (χ4v) is 2.59. The summed E-state index contributed by atoms with van der Waals surface area (Å²) in [5.74, 6) is 0.950. The molecule has 0 bridgehead atoms. The Labute approximate surface area is 124 Å². The van der Waals surface area contributed by atoms with E-state index in [4.69, 9.17) is 0 Å². The van der Waals surface area contributed by atoms with Crippen LogP contribution in [0.3, 0.4) is 0 Å². The van der Waals surface area contributed by atoms with Gasteiger partial charge in [-0.15, -0.1) is 0 Å². The smallest absolute Gasteiger partial charge is 0.148 e. The molecule has 2 aromatic heterocycles. The minimum Gasteiger partial charge on any atom is -0.257 e. The molecule has 98 valence electrons. The summed E-state index contributed by atoms with van der Waals surface area (Å²) in [6, 6.07) is 6.33. The van der Waals surface area contributed by atoms with E-state index in [9.17, 15) is 0 Å². The highest BCUT2D eigenvalue weighted by Crippen LogP contribution is 2.17. The Balaban J connectivity index is 1.96. The van der Waals surface area contributed by atoms with Gasteiger partial charge in [-0.2, -0.15) is 10.2 Å². The number of hydrogen-bond donors (Lipinski definition) is 0. The summed E-state index contributed by atoms with van der Waals surface area (Å²) in [7, 11) is 0. The van der Waals surface area contributed by atoms with Gasteiger partial charge in [0.2, 0.25) is 0 Å². The second-order valence-corrected chi connectivity index (χ2v) is 5.65. The highest BCUT2D eigenvalue weighted by Gasteiger charge is 2.08. The second-order valence-electron chi connectivity index (χ2n) is 4.40. The van der Waals surface area contributed by atoms with Crippen molar-refractivity contribution in [3.05, 3.63) is 40.1 Å². The van der Waals surface area contributed by atoms with Crippen LogP contribution < -0.4 is 0 Å². The molecule has 2 heterocycles. The van der Waals surface area contributed by atoms with Crippen molar-refractivity contribution in [2.45, 2.75) is 26.4 Å². The molecule has 0 saturated carbocycles. The average Bonchev–Trinajstić information content (AvgIpc) is 2.99. The van der Waals surface area contributed by atoms with E-state index in [1.54, 1.807) is 6.33 Å². The van der Waals surface area contributed by atoms with Gasteiger partial charge in [0.15, 0.2) is 0 Å². The van der Waals surface area contributed by atoms with E-state index in [-0.39, 0.29) is 0 Å². The molecular formula is C13H14IN5. The van der Waals surface area contributed by atoms with Gasteiger partial charge in [0.1, 0.15) is 18.7 Å². The first-order valence-electron chi connectivity index (χ1n) is 6.25. The molecular weight excluding hydrogens is 353 g/mol. The quantitative estimate of drug-likeness (QED) is 0.667. The fraction of sp³-hybridized carbons (Fsp3) is 0.308. The normalized spacial score (nSPS) is 11.3. The van der Waals surface area contributed by atoms with Crippen molar-refractivity contribution in [3.8, 4) is 0 Å². The number of rotatable bonds is 4. The summed E-state index contributed by atoms with van der Waals surface area (Å²) in [4.78, 5) is 4.33. The van der Waals surface area contributed by atoms with Crippen molar-refractivity contribution in [1.29, 1.82) is 0 Å². The summed E-state index contributed by atoms with van der Waals surface area (Å²) in [5, 5.41) is 9.85. The van der Waals surface area contributed by atoms with Crippen LogP contribution in [-0.2, 0) is 13.1 Å². The van der Waals surface area contributed by atoms with Crippen LogP contribution in [0.25, 0.3) is 10.9 Å². The van der Waals surface area contributed by atoms with E-state index in [1.807, 2.05) is 15.6 Å². The molecule has 3 aromatic rings. The van der Waals surface area contributed by atoms with Crippen molar-refractivity contribution in [2.75, 3.05) is 0 Å². The Morgan fingerprint density at radius 3 is 2.95 bits per heavy atom. The predicted octanol–water partition coefficient (Wildman–Crippen LogP) is 2.69. The van der Waals surface area contributed by atoms with Crippen molar-refractivity contribution >= 4 is 33.5 Å². The van der Waals surface area contributed by atoms with E-state index in [1.165, 1.54) is 3.57 Å². The van der Waals surface area contributed by atoms with Gasteiger partial charge in [0.25, 0.3) is 0 Å². The molecule has 0 aliphatic carbocycles. The largest absolute Gasteiger partial charge is 0.257 e. The third-order valence-corrected chi connectivity index (χ3v) is 3.70. The number of halogens is 1. The van der Waals surface area contributed by atoms with Crippen LogP contribution >= 0.6 is 22.6 Å². The Bertz CT molecular complexity index is 700. The third kappa shape index (κ3) is 2.49. The van der Waals surface area contributed by atoms with Crippen LogP contribution in [0.2, 0.25) is 0 Å². The van der Waals surface area contributed by atoms with E-state index < -0.39 is 0 Å². The summed E-state index contributed by atoms with van der Waals surface area (Å²) < 4.78 is 5.14. The lowest BCUT2D eigenvalue weighted by Crippen LogP contribution is -2.10. The summed E-state index contributed by atoms with van der Waals surface area (Å²) in [6.45, 7) is 3.69. The molecule has 0 saturated heterocycles. The molecule has 3 rings (SSSR count). The minimum atomic E-state index is 0.656. The monoisotopic (exact) mass is 367 g/mol. The molecule has 0 fully saturated rings.